The van der Waals surface area contributed by atoms with Crippen molar-refractivity contribution in [2.24, 2.45) is 0 Å². The Labute approximate surface area is 133 Å². The van der Waals surface area contributed by atoms with Gasteiger partial charge in [0.15, 0.2) is 0 Å². The Morgan fingerprint density at radius 1 is 0.667 bits per heavy atom. The Balaban J connectivity index is 0.00000161. The predicted octanol–water partition coefficient (Wildman–Crippen LogP) is 5.60. The van der Waals surface area contributed by atoms with E-state index in [0.29, 0.717) is 6.04 Å². The van der Waals surface area contributed by atoms with Crippen LogP contribution in [0.1, 0.15) is 32.1 Å². The molecule has 1 aliphatic carbocycles. The molecule has 3 heteroatoms. The number of anilines is 3. The molecule has 0 amide bonds. The molecule has 2 N–H and O–H groups in total. The molecule has 0 bridgehead atoms. The minimum Gasteiger partial charge on any atom is -0.382 e. The lowest BCUT2D eigenvalue weighted by Gasteiger charge is -2.24. The summed E-state index contributed by atoms with van der Waals surface area (Å²) in [5.74, 6) is 0. The van der Waals surface area contributed by atoms with Gasteiger partial charge in [-0.3, -0.25) is 0 Å². The predicted molar refractivity (Wildman–Crippen MR) is 93.9 cm³/mol. The molecule has 2 nitrogen and oxygen atoms in total. The van der Waals surface area contributed by atoms with Crippen LogP contribution in [0.5, 0.6) is 0 Å². The second kappa shape index (κ2) is 7.94. The maximum atomic E-state index is 3.64. The van der Waals surface area contributed by atoms with Crippen LogP contribution in [0.4, 0.5) is 17.1 Å². The van der Waals surface area contributed by atoms with Crippen LogP contribution in [0.3, 0.4) is 0 Å². The van der Waals surface area contributed by atoms with E-state index in [9.17, 15) is 0 Å². The van der Waals surface area contributed by atoms with Crippen molar-refractivity contribution in [3.05, 3.63) is 54.6 Å². The highest BCUT2D eigenvalue weighted by molar-refractivity contribution is 5.85. The summed E-state index contributed by atoms with van der Waals surface area (Å²) in [6, 6.07) is 19.5. The Hall–Kier alpha value is -1.67. The normalized spacial score (nSPS) is 15.0. The highest BCUT2D eigenvalue weighted by Gasteiger charge is 2.12. The zero-order valence-electron chi connectivity index (χ0n) is 12.2. The van der Waals surface area contributed by atoms with Gasteiger partial charge < -0.3 is 10.6 Å². The molecule has 0 atom stereocenters. The number of hydrogen-bond donors (Lipinski definition) is 2. The van der Waals surface area contributed by atoms with Crippen molar-refractivity contribution in [2.75, 3.05) is 10.6 Å². The monoisotopic (exact) mass is 302 g/mol. The van der Waals surface area contributed by atoms with Crippen molar-refractivity contribution in [1.82, 2.24) is 0 Å². The van der Waals surface area contributed by atoms with E-state index in [2.05, 4.69) is 47.0 Å². The number of para-hydroxylation sites is 1. The van der Waals surface area contributed by atoms with Gasteiger partial charge in [-0.05, 0) is 49.2 Å². The molecule has 0 unspecified atom stereocenters. The number of nitrogens with one attached hydrogen (secondary N) is 2. The van der Waals surface area contributed by atoms with Crippen molar-refractivity contribution in [1.29, 1.82) is 0 Å². The van der Waals surface area contributed by atoms with Crippen LogP contribution in [0.15, 0.2) is 54.6 Å². The van der Waals surface area contributed by atoms with Crippen LogP contribution in [0.25, 0.3) is 0 Å². The summed E-state index contributed by atoms with van der Waals surface area (Å²) in [5.41, 5.74) is 3.49. The molecule has 2 aromatic rings. The fourth-order valence-corrected chi connectivity index (χ4v) is 2.82. The molecule has 0 radical (unpaired) electrons. The van der Waals surface area contributed by atoms with Gasteiger partial charge in [0, 0.05) is 23.1 Å². The lowest BCUT2D eigenvalue weighted by atomic mass is 9.95. The van der Waals surface area contributed by atoms with Gasteiger partial charge >= 0.3 is 0 Å². The van der Waals surface area contributed by atoms with Gasteiger partial charge in [0.2, 0.25) is 0 Å². The first-order valence-electron chi connectivity index (χ1n) is 7.59. The molecule has 1 aliphatic rings. The fraction of sp³-hybridized carbons (Fsp3) is 0.333. The molecule has 3 rings (SSSR count). The van der Waals surface area contributed by atoms with Crippen LogP contribution in [-0.2, 0) is 0 Å². The van der Waals surface area contributed by atoms with Gasteiger partial charge in [0.05, 0.1) is 0 Å². The van der Waals surface area contributed by atoms with E-state index < -0.39 is 0 Å². The molecule has 21 heavy (non-hydrogen) atoms. The average Bonchev–Trinajstić information content (AvgIpc) is 2.51. The molecular formula is C18H23ClN2. The van der Waals surface area contributed by atoms with Crippen molar-refractivity contribution in [3.63, 3.8) is 0 Å². The highest BCUT2D eigenvalue weighted by atomic mass is 35.5. The Morgan fingerprint density at radius 3 is 1.90 bits per heavy atom. The molecule has 0 spiro atoms. The van der Waals surface area contributed by atoms with E-state index >= 15 is 0 Å². The number of benzene rings is 2. The maximum Gasteiger partial charge on any atom is 0.0385 e. The summed E-state index contributed by atoms with van der Waals surface area (Å²) >= 11 is 0. The lowest BCUT2D eigenvalue weighted by Crippen LogP contribution is -2.22. The maximum absolute atomic E-state index is 3.64. The molecule has 1 saturated carbocycles. The van der Waals surface area contributed by atoms with Crippen molar-refractivity contribution in [3.8, 4) is 0 Å². The average molecular weight is 303 g/mol. The molecule has 1 fully saturated rings. The van der Waals surface area contributed by atoms with Crippen molar-refractivity contribution in [2.45, 2.75) is 38.1 Å². The Kier molecular flexibility index (Phi) is 5.94. The summed E-state index contributed by atoms with van der Waals surface area (Å²) in [6.07, 6.45) is 6.75. The van der Waals surface area contributed by atoms with Crippen LogP contribution in [-0.4, -0.2) is 6.04 Å². The van der Waals surface area contributed by atoms with Gasteiger partial charge in [-0.15, -0.1) is 12.4 Å². The lowest BCUT2D eigenvalue weighted by molar-refractivity contribution is 0.463. The number of halogens is 1. The van der Waals surface area contributed by atoms with Gasteiger partial charge in [0.1, 0.15) is 0 Å². The third-order valence-corrected chi connectivity index (χ3v) is 3.92. The van der Waals surface area contributed by atoms with Crippen LogP contribution in [0.2, 0.25) is 0 Å². The molecule has 112 valence electrons. The molecule has 0 heterocycles. The zero-order chi connectivity index (χ0) is 13.6. The van der Waals surface area contributed by atoms with E-state index in [1.165, 1.54) is 37.8 Å². The molecule has 0 aliphatic heterocycles. The van der Waals surface area contributed by atoms with E-state index in [1.807, 2.05) is 18.2 Å². The minimum atomic E-state index is 0. The van der Waals surface area contributed by atoms with Crippen molar-refractivity contribution < 1.29 is 0 Å². The molecule has 0 saturated heterocycles. The van der Waals surface area contributed by atoms with Gasteiger partial charge in [-0.1, -0.05) is 37.5 Å². The topological polar surface area (TPSA) is 24.1 Å². The summed E-state index contributed by atoms with van der Waals surface area (Å²) in [6.45, 7) is 0. The first-order valence-corrected chi connectivity index (χ1v) is 7.59. The SMILES string of the molecule is Cl.c1ccc(Nc2ccc(NC3CCCCC3)cc2)cc1. The van der Waals surface area contributed by atoms with Crippen molar-refractivity contribution >= 4 is 29.5 Å². The number of hydrogen-bond acceptors (Lipinski definition) is 2. The molecule has 2 aromatic carbocycles. The standard InChI is InChI=1S/C18H22N2.ClH/c1-3-7-15(8-4-1)19-17-11-13-18(14-12-17)20-16-9-5-2-6-10-16;/h1,3-4,7-8,11-14,16,19-20H,2,5-6,9-10H2;1H. The van der Waals surface area contributed by atoms with Gasteiger partial charge in [-0.2, -0.15) is 0 Å². The summed E-state index contributed by atoms with van der Waals surface area (Å²) in [5, 5.41) is 7.05. The van der Waals surface area contributed by atoms with Crippen LogP contribution in [0, 0.1) is 0 Å². The largest absolute Gasteiger partial charge is 0.382 e. The van der Waals surface area contributed by atoms with E-state index in [0.717, 1.165) is 11.4 Å². The Bertz CT molecular complexity index is 519. The molecule has 0 aromatic heterocycles. The van der Waals surface area contributed by atoms with E-state index in [1.54, 1.807) is 0 Å². The van der Waals surface area contributed by atoms with Crippen LogP contribution < -0.4 is 10.6 Å². The third-order valence-electron chi connectivity index (χ3n) is 3.92. The zero-order valence-corrected chi connectivity index (χ0v) is 13.0. The highest BCUT2D eigenvalue weighted by Crippen LogP contribution is 2.23. The first-order chi connectivity index (χ1) is 9.90. The summed E-state index contributed by atoms with van der Waals surface area (Å²) < 4.78 is 0. The van der Waals surface area contributed by atoms with Gasteiger partial charge in [-0.25, -0.2) is 0 Å². The fourth-order valence-electron chi connectivity index (χ4n) is 2.82. The van der Waals surface area contributed by atoms with E-state index in [-0.39, 0.29) is 12.4 Å². The second-order valence-electron chi connectivity index (χ2n) is 5.55. The summed E-state index contributed by atoms with van der Waals surface area (Å²) in [4.78, 5) is 0. The van der Waals surface area contributed by atoms with Gasteiger partial charge in [0.25, 0.3) is 0 Å². The van der Waals surface area contributed by atoms with Crippen LogP contribution >= 0.6 is 12.4 Å². The first kappa shape index (κ1) is 15.7. The minimum absolute atomic E-state index is 0. The quantitative estimate of drug-likeness (QED) is 0.768. The second-order valence-corrected chi connectivity index (χ2v) is 5.55. The van der Waals surface area contributed by atoms with E-state index in [4.69, 9.17) is 0 Å². The summed E-state index contributed by atoms with van der Waals surface area (Å²) in [7, 11) is 0. The third kappa shape index (κ3) is 4.68. The Morgan fingerprint density at radius 2 is 1.24 bits per heavy atom. The molecular weight excluding hydrogens is 280 g/mol. The number of rotatable bonds is 4. The smallest absolute Gasteiger partial charge is 0.0385 e.